The van der Waals surface area contributed by atoms with Crippen LogP contribution in [0.5, 0.6) is 0 Å². The maximum atomic E-state index is 12.6. The number of likely N-dealkylation sites (tertiary alicyclic amines) is 1. The molecule has 7 heteroatoms. The average molecular weight is 389 g/mol. The van der Waals surface area contributed by atoms with Crippen molar-refractivity contribution in [1.82, 2.24) is 20.9 Å². The van der Waals surface area contributed by atoms with Crippen molar-refractivity contribution in [3.63, 3.8) is 0 Å². The Labute approximate surface area is 167 Å². The van der Waals surface area contributed by atoms with Crippen molar-refractivity contribution in [2.75, 3.05) is 46.4 Å². The minimum atomic E-state index is -0.736. The highest BCUT2D eigenvalue weighted by Gasteiger charge is 2.39. The minimum Gasteiger partial charge on any atom is -0.368 e. The third-order valence-electron chi connectivity index (χ3n) is 5.80. The first-order chi connectivity index (χ1) is 13.6. The fourth-order valence-electron chi connectivity index (χ4n) is 3.91. The summed E-state index contributed by atoms with van der Waals surface area (Å²) in [6, 6.07) is 7.39. The standard InChI is InChI=1S/C21H32N4O3/c1-28-21(8-10-22-11-9-21)20(27)24-16-17-4-6-18(7-5-17)19(26)23-12-15-25-13-2-3-14-25/h4-7,22H,2-3,8-16H2,1H3,(H,23,26)(H,24,27). The van der Waals surface area contributed by atoms with Gasteiger partial charge in [-0.3, -0.25) is 9.59 Å². The number of hydrogen-bond donors (Lipinski definition) is 3. The van der Waals surface area contributed by atoms with Gasteiger partial charge in [-0.15, -0.1) is 0 Å². The smallest absolute Gasteiger partial charge is 0.252 e. The zero-order valence-electron chi connectivity index (χ0n) is 16.8. The molecule has 2 heterocycles. The summed E-state index contributed by atoms with van der Waals surface area (Å²) >= 11 is 0. The lowest BCUT2D eigenvalue weighted by Crippen LogP contribution is -2.53. The van der Waals surface area contributed by atoms with E-state index in [1.54, 1.807) is 7.11 Å². The van der Waals surface area contributed by atoms with Gasteiger partial charge in [-0.05, 0) is 69.6 Å². The molecule has 0 atom stereocenters. The Morgan fingerprint density at radius 1 is 1.11 bits per heavy atom. The summed E-state index contributed by atoms with van der Waals surface area (Å²) in [4.78, 5) is 27.2. The minimum absolute atomic E-state index is 0.0529. The quantitative estimate of drug-likeness (QED) is 0.616. The van der Waals surface area contributed by atoms with E-state index in [4.69, 9.17) is 4.74 Å². The molecule has 3 N–H and O–H groups in total. The third-order valence-corrected chi connectivity index (χ3v) is 5.80. The van der Waals surface area contributed by atoms with Crippen LogP contribution in [0.2, 0.25) is 0 Å². The van der Waals surface area contributed by atoms with E-state index in [0.29, 0.717) is 31.5 Å². The maximum Gasteiger partial charge on any atom is 0.252 e. The topological polar surface area (TPSA) is 82.7 Å². The predicted molar refractivity (Wildman–Crippen MR) is 108 cm³/mol. The first kappa shape index (κ1) is 20.8. The molecule has 0 bridgehead atoms. The molecular weight excluding hydrogens is 356 g/mol. The van der Waals surface area contributed by atoms with E-state index in [1.807, 2.05) is 24.3 Å². The Hall–Kier alpha value is -1.96. The number of carbonyl (C=O) groups excluding carboxylic acids is 2. The monoisotopic (exact) mass is 388 g/mol. The summed E-state index contributed by atoms with van der Waals surface area (Å²) in [5.74, 6) is -0.122. The van der Waals surface area contributed by atoms with Crippen molar-refractivity contribution in [3.8, 4) is 0 Å². The van der Waals surface area contributed by atoms with Crippen molar-refractivity contribution in [2.24, 2.45) is 0 Å². The highest BCUT2D eigenvalue weighted by Crippen LogP contribution is 2.22. The zero-order valence-corrected chi connectivity index (χ0v) is 16.8. The van der Waals surface area contributed by atoms with Crippen molar-refractivity contribution in [3.05, 3.63) is 35.4 Å². The zero-order chi connectivity index (χ0) is 19.8. The molecule has 1 aromatic rings. The molecule has 2 aliphatic rings. The number of hydrogen-bond acceptors (Lipinski definition) is 5. The van der Waals surface area contributed by atoms with Gasteiger partial charge in [-0.25, -0.2) is 0 Å². The summed E-state index contributed by atoms with van der Waals surface area (Å²) in [6.07, 6.45) is 3.86. The van der Waals surface area contributed by atoms with E-state index in [-0.39, 0.29) is 11.8 Å². The van der Waals surface area contributed by atoms with Gasteiger partial charge < -0.3 is 25.6 Å². The first-order valence-corrected chi connectivity index (χ1v) is 10.3. The normalized spacial score (nSPS) is 19.3. The molecular formula is C21H32N4O3. The number of piperidine rings is 1. The number of amides is 2. The van der Waals surface area contributed by atoms with Crippen LogP contribution in [0.15, 0.2) is 24.3 Å². The van der Waals surface area contributed by atoms with Crippen LogP contribution in [-0.2, 0) is 16.1 Å². The summed E-state index contributed by atoms with van der Waals surface area (Å²) in [6.45, 7) is 5.84. The molecule has 2 fully saturated rings. The molecule has 2 aliphatic heterocycles. The van der Waals surface area contributed by atoms with Crippen LogP contribution in [0, 0.1) is 0 Å². The van der Waals surface area contributed by atoms with E-state index < -0.39 is 5.60 Å². The van der Waals surface area contributed by atoms with Crippen LogP contribution in [0.25, 0.3) is 0 Å². The highest BCUT2D eigenvalue weighted by atomic mass is 16.5. The lowest BCUT2D eigenvalue weighted by Gasteiger charge is -2.34. The fourth-order valence-corrected chi connectivity index (χ4v) is 3.91. The Bertz CT molecular complexity index is 650. The fraction of sp³-hybridized carbons (Fsp3) is 0.619. The number of methoxy groups -OCH3 is 1. The van der Waals surface area contributed by atoms with E-state index in [1.165, 1.54) is 12.8 Å². The average Bonchev–Trinajstić information content (AvgIpc) is 3.26. The maximum absolute atomic E-state index is 12.6. The summed E-state index contributed by atoms with van der Waals surface area (Å²) in [7, 11) is 1.60. The van der Waals surface area contributed by atoms with Crippen molar-refractivity contribution >= 4 is 11.8 Å². The first-order valence-electron chi connectivity index (χ1n) is 10.3. The van der Waals surface area contributed by atoms with Crippen LogP contribution in [0.4, 0.5) is 0 Å². The van der Waals surface area contributed by atoms with Gasteiger partial charge in [0, 0.05) is 32.3 Å². The second kappa shape index (κ2) is 10.0. The summed E-state index contributed by atoms with van der Waals surface area (Å²) in [5, 5.41) is 9.20. The molecule has 1 aromatic carbocycles. The Balaban J connectivity index is 1.44. The van der Waals surface area contributed by atoms with Gasteiger partial charge in [0.1, 0.15) is 5.60 Å². The summed E-state index contributed by atoms with van der Waals surface area (Å²) in [5.41, 5.74) is 0.866. The van der Waals surface area contributed by atoms with E-state index >= 15 is 0 Å². The number of carbonyl (C=O) groups is 2. The molecule has 3 rings (SSSR count). The van der Waals surface area contributed by atoms with Gasteiger partial charge in [0.25, 0.3) is 11.8 Å². The second-order valence-corrected chi connectivity index (χ2v) is 7.63. The van der Waals surface area contributed by atoms with Crippen LogP contribution >= 0.6 is 0 Å². The number of ether oxygens (including phenoxy) is 1. The van der Waals surface area contributed by atoms with E-state index in [2.05, 4.69) is 20.9 Å². The molecule has 0 saturated carbocycles. The third kappa shape index (κ3) is 5.31. The van der Waals surface area contributed by atoms with Gasteiger partial charge in [0.15, 0.2) is 0 Å². The summed E-state index contributed by atoms with van der Waals surface area (Å²) < 4.78 is 5.55. The van der Waals surface area contributed by atoms with Crippen molar-refractivity contribution in [2.45, 2.75) is 37.8 Å². The van der Waals surface area contributed by atoms with Gasteiger partial charge in [0.05, 0.1) is 0 Å². The van der Waals surface area contributed by atoms with Crippen LogP contribution < -0.4 is 16.0 Å². The van der Waals surface area contributed by atoms with Gasteiger partial charge in [-0.1, -0.05) is 12.1 Å². The van der Waals surface area contributed by atoms with E-state index in [0.717, 1.165) is 38.3 Å². The largest absolute Gasteiger partial charge is 0.368 e. The Morgan fingerprint density at radius 2 is 1.79 bits per heavy atom. The lowest BCUT2D eigenvalue weighted by molar-refractivity contribution is -0.146. The molecule has 2 saturated heterocycles. The molecule has 0 unspecified atom stereocenters. The SMILES string of the molecule is COC1(C(=O)NCc2ccc(C(=O)NCCN3CCCC3)cc2)CCNCC1. The van der Waals surface area contributed by atoms with Crippen molar-refractivity contribution < 1.29 is 14.3 Å². The molecule has 7 nitrogen and oxygen atoms in total. The number of nitrogens with one attached hydrogen (secondary N) is 3. The molecule has 2 amide bonds. The Morgan fingerprint density at radius 3 is 2.43 bits per heavy atom. The predicted octanol–water partition coefficient (Wildman–Crippen LogP) is 0.897. The molecule has 0 aliphatic carbocycles. The molecule has 0 aromatic heterocycles. The molecule has 0 spiro atoms. The van der Waals surface area contributed by atoms with Gasteiger partial charge >= 0.3 is 0 Å². The van der Waals surface area contributed by atoms with Gasteiger partial charge in [-0.2, -0.15) is 0 Å². The lowest BCUT2D eigenvalue weighted by atomic mass is 9.91. The van der Waals surface area contributed by atoms with Crippen LogP contribution in [0.1, 0.15) is 41.6 Å². The van der Waals surface area contributed by atoms with Crippen LogP contribution in [0.3, 0.4) is 0 Å². The molecule has 154 valence electrons. The van der Waals surface area contributed by atoms with E-state index in [9.17, 15) is 9.59 Å². The second-order valence-electron chi connectivity index (χ2n) is 7.63. The van der Waals surface area contributed by atoms with Gasteiger partial charge in [0.2, 0.25) is 0 Å². The highest BCUT2D eigenvalue weighted by molar-refractivity contribution is 5.94. The number of benzene rings is 1. The number of rotatable bonds is 8. The number of nitrogens with zero attached hydrogens (tertiary/aromatic N) is 1. The van der Waals surface area contributed by atoms with Crippen LogP contribution in [-0.4, -0.2) is 68.7 Å². The Kier molecular flexibility index (Phi) is 7.42. The molecule has 0 radical (unpaired) electrons. The van der Waals surface area contributed by atoms with Crippen molar-refractivity contribution in [1.29, 1.82) is 0 Å². The molecule has 28 heavy (non-hydrogen) atoms.